The molecule has 160 valence electrons. The van der Waals surface area contributed by atoms with Gasteiger partial charge in [0.2, 0.25) is 0 Å². The molecule has 0 spiro atoms. The second-order valence-electron chi connectivity index (χ2n) is 6.85. The molecular weight excluding hydrogens is 525 g/mol. The summed E-state index contributed by atoms with van der Waals surface area (Å²) in [5.41, 5.74) is 11.2. The summed E-state index contributed by atoms with van der Waals surface area (Å²) in [5.74, 6) is 0.937. The molecule has 4 rings (SSSR count). The molecule has 0 radical (unpaired) electrons. The number of rotatable bonds is 6. The van der Waals surface area contributed by atoms with E-state index in [1.807, 2.05) is 30.6 Å². The van der Waals surface area contributed by atoms with Crippen molar-refractivity contribution in [2.75, 3.05) is 12.4 Å². The molecule has 0 aliphatic carbocycles. The number of methoxy groups -OCH3 is 1. The lowest BCUT2D eigenvalue weighted by atomic mass is 10.1. The van der Waals surface area contributed by atoms with Crippen LogP contribution in [0.1, 0.15) is 11.1 Å². The van der Waals surface area contributed by atoms with Gasteiger partial charge in [-0.25, -0.2) is 9.98 Å². The minimum atomic E-state index is 0. The zero-order valence-corrected chi connectivity index (χ0v) is 20.0. The molecule has 0 atom stereocenters. The third-order valence-corrected chi connectivity index (χ3v) is 5.05. The number of ether oxygens (including phenoxy) is 1. The highest BCUT2D eigenvalue weighted by molar-refractivity contribution is 14.0. The molecule has 1 aromatic heterocycles. The normalized spacial score (nSPS) is 11.2. The fourth-order valence-corrected chi connectivity index (χ4v) is 3.45. The molecule has 1 heterocycles. The lowest BCUT2D eigenvalue weighted by molar-refractivity contribution is 0.415. The van der Waals surface area contributed by atoms with Gasteiger partial charge in [0.1, 0.15) is 5.75 Å². The number of aromatic nitrogens is 2. The molecule has 8 heteroatoms. The van der Waals surface area contributed by atoms with Crippen molar-refractivity contribution in [1.82, 2.24) is 9.55 Å². The molecule has 0 unspecified atom stereocenters. The topological polar surface area (TPSA) is 77.5 Å². The van der Waals surface area contributed by atoms with Gasteiger partial charge >= 0.3 is 0 Å². The van der Waals surface area contributed by atoms with E-state index in [0.717, 1.165) is 28.8 Å². The molecule has 3 aromatic carbocycles. The average molecular weight is 548 g/mol. The Morgan fingerprint density at radius 3 is 2.58 bits per heavy atom. The summed E-state index contributed by atoms with van der Waals surface area (Å²) in [7, 11) is 1.58. The van der Waals surface area contributed by atoms with Crippen LogP contribution in [0.15, 0.2) is 78.0 Å². The monoisotopic (exact) mass is 547 g/mol. The van der Waals surface area contributed by atoms with Crippen LogP contribution < -0.4 is 15.8 Å². The quantitative estimate of drug-likeness (QED) is 0.195. The van der Waals surface area contributed by atoms with E-state index < -0.39 is 0 Å². The fourth-order valence-electron chi connectivity index (χ4n) is 3.19. The van der Waals surface area contributed by atoms with E-state index in [1.165, 1.54) is 5.56 Å². The van der Waals surface area contributed by atoms with Crippen LogP contribution >= 0.6 is 35.6 Å². The van der Waals surface area contributed by atoms with Crippen molar-refractivity contribution >= 4 is 58.3 Å². The highest BCUT2D eigenvalue weighted by Gasteiger charge is 2.04. The van der Waals surface area contributed by atoms with Gasteiger partial charge in [-0.05, 0) is 41.5 Å². The van der Waals surface area contributed by atoms with E-state index in [4.69, 9.17) is 22.1 Å². The Morgan fingerprint density at radius 2 is 1.84 bits per heavy atom. The Morgan fingerprint density at radius 1 is 1.10 bits per heavy atom. The minimum Gasteiger partial charge on any atom is -0.495 e. The molecular formula is C23H23ClIN5O. The van der Waals surface area contributed by atoms with Crippen molar-refractivity contribution in [3.63, 3.8) is 0 Å². The SMILES string of the molecule is COc1ccc(NC(N)=NCc2ccc(Cn3cnc4ccccc43)cc2)cc1Cl.I. The summed E-state index contributed by atoms with van der Waals surface area (Å²) in [6, 6.07) is 21.8. The van der Waals surface area contributed by atoms with Crippen LogP contribution in [0.5, 0.6) is 5.75 Å². The zero-order valence-electron chi connectivity index (χ0n) is 17.0. The first-order valence-electron chi connectivity index (χ1n) is 9.50. The van der Waals surface area contributed by atoms with E-state index in [2.05, 4.69) is 50.2 Å². The number of aliphatic imine (C=N–C) groups is 1. The van der Waals surface area contributed by atoms with E-state index >= 15 is 0 Å². The van der Waals surface area contributed by atoms with Crippen molar-refractivity contribution < 1.29 is 4.74 Å². The number of anilines is 1. The Labute approximate surface area is 203 Å². The summed E-state index contributed by atoms with van der Waals surface area (Å²) in [5, 5.41) is 3.55. The maximum absolute atomic E-state index is 6.13. The molecule has 0 amide bonds. The molecule has 0 bridgehead atoms. The molecule has 31 heavy (non-hydrogen) atoms. The highest BCUT2D eigenvalue weighted by atomic mass is 127. The smallest absolute Gasteiger partial charge is 0.193 e. The van der Waals surface area contributed by atoms with Crippen LogP contribution in [0.2, 0.25) is 5.02 Å². The molecule has 0 aliphatic heterocycles. The number of halogens is 2. The maximum atomic E-state index is 6.13. The molecule has 0 saturated carbocycles. The Bertz CT molecular complexity index is 1190. The Balaban J connectivity index is 0.00000272. The Kier molecular flexibility index (Phi) is 7.75. The van der Waals surface area contributed by atoms with E-state index in [0.29, 0.717) is 23.3 Å². The number of guanidine groups is 1. The Hall–Kier alpha value is -2.78. The number of nitrogens with zero attached hydrogens (tertiary/aromatic N) is 3. The van der Waals surface area contributed by atoms with Gasteiger partial charge in [-0.15, -0.1) is 24.0 Å². The van der Waals surface area contributed by atoms with Crippen molar-refractivity contribution in [2.45, 2.75) is 13.1 Å². The lowest BCUT2D eigenvalue weighted by Crippen LogP contribution is -2.22. The zero-order chi connectivity index (χ0) is 20.9. The number of hydrogen-bond donors (Lipinski definition) is 2. The van der Waals surface area contributed by atoms with Gasteiger partial charge in [0, 0.05) is 12.2 Å². The standard InChI is InChI=1S/C23H22ClN5O.HI/c1-30-22-11-10-18(12-19(22)24)28-23(25)26-13-16-6-8-17(9-7-16)14-29-15-27-20-4-2-3-5-21(20)29;/h2-12,15H,13-14H2,1H3,(H3,25,26,28);1H. The van der Waals surface area contributed by atoms with Gasteiger partial charge in [0.15, 0.2) is 5.96 Å². The number of nitrogens with two attached hydrogens (primary N) is 1. The molecule has 6 nitrogen and oxygen atoms in total. The van der Waals surface area contributed by atoms with Crippen molar-refractivity contribution in [3.8, 4) is 5.75 Å². The third-order valence-electron chi connectivity index (χ3n) is 4.76. The predicted octanol–water partition coefficient (Wildman–Crippen LogP) is 5.29. The van der Waals surface area contributed by atoms with Gasteiger partial charge in [0.05, 0.1) is 36.0 Å². The molecule has 0 aliphatic rings. The highest BCUT2D eigenvalue weighted by Crippen LogP contribution is 2.27. The maximum Gasteiger partial charge on any atom is 0.193 e. The van der Waals surface area contributed by atoms with Gasteiger partial charge in [-0.2, -0.15) is 0 Å². The second kappa shape index (κ2) is 10.5. The molecule has 0 fully saturated rings. The molecule has 4 aromatic rings. The number of imidazole rings is 1. The van der Waals surface area contributed by atoms with Gasteiger partial charge in [-0.1, -0.05) is 48.0 Å². The van der Waals surface area contributed by atoms with Gasteiger partial charge in [-0.3, -0.25) is 0 Å². The van der Waals surface area contributed by atoms with Crippen LogP contribution in [0.3, 0.4) is 0 Å². The number of benzene rings is 3. The summed E-state index contributed by atoms with van der Waals surface area (Å²) < 4.78 is 7.29. The summed E-state index contributed by atoms with van der Waals surface area (Å²) in [6.07, 6.45) is 1.88. The average Bonchev–Trinajstić information content (AvgIpc) is 3.16. The summed E-state index contributed by atoms with van der Waals surface area (Å²) in [4.78, 5) is 8.84. The molecule has 0 saturated heterocycles. The first-order valence-corrected chi connectivity index (χ1v) is 9.88. The van der Waals surface area contributed by atoms with Crippen LogP contribution in [0.4, 0.5) is 5.69 Å². The predicted molar refractivity (Wildman–Crippen MR) is 138 cm³/mol. The van der Waals surface area contributed by atoms with E-state index in [-0.39, 0.29) is 24.0 Å². The second-order valence-corrected chi connectivity index (χ2v) is 7.26. The number of fused-ring (bicyclic) bond motifs is 1. The van der Waals surface area contributed by atoms with Crippen LogP contribution in [0, 0.1) is 0 Å². The number of nitrogens with one attached hydrogen (secondary N) is 1. The first-order chi connectivity index (χ1) is 14.6. The third kappa shape index (κ3) is 5.68. The molecule has 3 N–H and O–H groups in total. The van der Waals surface area contributed by atoms with E-state index in [1.54, 1.807) is 19.2 Å². The van der Waals surface area contributed by atoms with Crippen molar-refractivity contribution in [3.05, 3.63) is 89.2 Å². The number of hydrogen-bond acceptors (Lipinski definition) is 3. The van der Waals surface area contributed by atoms with Gasteiger partial charge in [0.25, 0.3) is 0 Å². The van der Waals surface area contributed by atoms with Gasteiger partial charge < -0.3 is 20.4 Å². The van der Waals surface area contributed by atoms with Crippen LogP contribution in [-0.4, -0.2) is 22.6 Å². The fraction of sp³-hybridized carbons (Fsp3) is 0.130. The summed E-state index contributed by atoms with van der Waals surface area (Å²) in [6.45, 7) is 1.25. The van der Waals surface area contributed by atoms with Crippen LogP contribution in [-0.2, 0) is 13.1 Å². The number of para-hydroxylation sites is 2. The van der Waals surface area contributed by atoms with Crippen LogP contribution in [0.25, 0.3) is 11.0 Å². The largest absolute Gasteiger partial charge is 0.495 e. The van der Waals surface area contributed by atoms with Crippen molar-refractivity contribution in [2.24, 2.45) is 10.7 Å². The van der Waals surface area contributed by atoms with Crippen molar-refractivity contribution in [1.29, 1.82) is 0 Å². The minimum absolute atomic E-state index is 0. The van der Waals surface area contributed by atoms with E-state index in [9.17, 15) is 0 Å². The first kappa shape index (κ1) is 22.9. The lowest BCUT2D eigenvalue weighted by Gasteiger charge is -2.09. The summed E-state index contributed by atoms with van der Waals surface area (Å²) >= 11 is 6.13.